The van der Waals surface area contributed by atoms with Crippen molar-refractivity contribution in [3.05, 3.63) is 22.8 Å². The van der Waals surface area contributed by atoms with Crippen LogP contribution in [0.1, 0.15) is 59.3 Å². The molecule has 1 saturated carbocycles. The summed E-state index contributed by atoms with van der Waals surface area (Å²) < 4.78 is 0. The average Bonchev–Trinajstić information content (AvgIpc) is 2.37. The van der Waals surface area contributed by atoms with E-state index in [0.717, 1.165) is 37.7 Å². The third-order valence-electron chi connectivity index (χ3n) is 6.02. The minimum absolute atomic E-state index is 0.0202. The lowest BCUT2D eigenvalue weighted by atomic mass is 9.50. The predicted octanol–water partition coefficient (Wildman–Crippen LogP) is 3.55. The van der Waals surface area contributed by atoms with Gasteiger partial charge in [0.15, 0.2) is 5.78 Å². The largest absolute Gasteiger partial charge is 0.392 e. The van der Waals surface area contributed by atoms with E-state index in [1.54, 1.807) is 0 Å². The van der Waals surface area contributed by atoms with E-state index in [2.05, 4.69) is 19.9 Å². The van der Waals surface area contributed by atoms with Gasteiger partial charge in [0.25, 0.3) is 0 Å². The molecule has 0 aliphatic heterocycles. The molecule has 1 N–H and O–H groups in total. The third-order valence-corrected chi connectivity index (χ3v) is 6.02. The molecule has 0 aromatic carbocycles. The topological polar surface area (TPSA) is 37.3 Å². The van der Waals surface area contributed by atoms with Gasteiger partial charge >= 0.3 is 0 Å². The van der Waals surface area contributed by atoms with Crippen LogP contribution in [0, 0.1) is 10.8 Å². The van der Waals surface area contributed by atoms with Gasteiger partial charge in [0, 0.05) is 17.3 Å². The third kappa shape index (κ3) is 1.62. The van der Waals surface area contributed by atoms with Gasteiger partial charge in [0.1, 0.15) is 0 Å². The maximum atomic E-state index is 12.0. The number of allylic oxidation sites excluding steroid dienone is 3. The van der Waals surface area contributed by atoms with E-state index in [1.165, 1.54) is 11.1 Å². The lowest BCUT2D eigenvalue weighted by Gasteiger charge is -2.54. The normalized spacial score (nSPS) is 42.6. The van der Waals surface area contributed by atoms with E-state index in [9.17, 15) is 9.90 Å². The molecular weight excluding hydrogens is 236 g/mol. The lowest BCUT2D eigenvalue weighted by Crippen LogP contribution is -2.48. The Bertz CT molecular complexity index is 499. The Labute approximate surface area is 115 Å². The van der Waals surface area contributed by atoms with Crippen LogP contribution in [0.25, 0.3) is 0 Å². The summed E-state index contributed by atoms with van der Waals surface area (Å²) in [7, 11) is 0. The maximum Gasteiger partial charge on any atom is 0.158 e. The fraction of sp³-hybridized carbons (Fsp3) is 0.706. The Balaban J connectivity index is 2.15. The van der Waals surface area contributed by atoms with Crippen LogP contribution in [0.5, 0.6) is 0 Å². The zero-order chi connectivity index (χ0) is 13.8. The van der Waals surface area contributed by atoms with Gasteiger partial charge in [-0.25, -0.2) is 0 Å². The van der Waals surface area contributed by atoms with Gasteiger partial charge in [-0.2, -0.15) is 0 Å². The molecule has 2 unspecified atom stereocenters. The summed E-state index contributed by atoms with van der Waals surface area (Å²) in [5, 5.41) is 10.5. The Hall–Kier alpha value is -0.890. The first-order chi connectivity index (χ1) is 8.89. The molecule has 3 rings (SSSR count). The first-order valence-electron chi connectivity index (χ1n) is 7.52. The number of carbonyl (C=O) groups is 1. The summed E-state index contributed by atoms with van der Waals surface area (Å²) >= 11 is 0. The van der Waals surface area contributed by atoms with Gasteiger partial charge in [-0.05, 0) is 44.6 Å². The Morgan fingerprint density at radius 1 is 1.26 bits per heavy atom. The van der Waals surface area contributed by atoms with Crippen LogP contribution in [0.4, 0.5) is 0 Å². The van der Waals surface area contributed by atoms with Gasteiger partial charge in [0.05, 0.1) is 6.10 Å². The molecule has 0 radical (unpaired) electrons. The summed E-state index contributed by atoms with van der Waals surface area (Å²) in [5.41, 5.74) is 3.70. The monoisotopic (exact) mass is 260 g/mol. The van der Waals surface area contributed by atoms with Crippen molar-refractivity contribution in [1.82, 2.24) is 0 Å². The van der Waals surface area contributed by atoms with E-state index < -0.39 is 0 Å². The molecule has 0 saturated heterocycles. The fourth-order valence-corrected chi connectivity index (χ4v) is 4.70. The molecule has 2 nitrogen and oxygen atoms in total. The van der Waals surface area contributed by atoms with Gasteiger partial charge in [-0.15, -0.1) is 0 Å². The summed E-state index contributed by atoms with van der Waals surface area (Å²) in [6, 6.07) is 0. The number of ketones is 1. The van der Waals surface area contributed by atoms with E-state index in [4.69, 9.17) is 0 Å². The van der Waals surface area contributed by atoms with E-state index in [-0.39, 0.29) is 16.9 Å². The number of aliphatic hydroxyl groups excluding tert-OH is 1. The van der Waals surface area contributed by atoms with E-state index in [0.29, 0.717) is 12.2 Å². The number of Topliss-reactive ketones (excluding diaryl/α,β-unsaturated/α-hetero) is 1. The molecule has 3 atom stereocenters. The number of rotatable bonds is 0. The summed E-state index contributed by atoms with van der Waals surface area (Å²) in [5.74, 6) is 0.327. The zero-order valence-corrected chi connectivity index (χ0v) is 12.3. The average molecular weight is 260 g/mol. The molecule has 0 heterocycles. The van der Waals surface area contributed by atoms with E-state index >= 15 is 0 Å². The van der Waals surface area contributed by atoms with Crippen LogP contribution < -0.4 is 0 Å². The van der Waals surface area contributed by atoms with Crippen molar-refractivity contribution in [3.8, 4) is 0 Å². The number of hydrogen-bond acceptors (Lipinski definition) is 2. The highest BCUT2D eigenvalue weighted by atomic mass is 16.3. The summed E-state index contributed by atoms with van der Waals surface area (Å²) in [6.07, 6.45) is 7.53. The molecular formula is C17H24O2. The molecule has 1 fully saturated rings. The summed E-state index contributed by atoms with van der Waals surface area (Å²) in [4.78, 5) is 12.0. The van der Waals surface area contributed by atoms with Crippen LogP contribution in [0.3, 0.4) is 0 Å². The van der Waals surface area contributed by atoms with Crippen LogP contribution in [0.2, 0.25) is 0 Å². The first kappa shape index (κ1) is 13.1. The highest BCUT2D eigenvalue weighted by molar-refractivity contribution is 5.97. The number of carbonyl (C=O) groups excluding carboxylic acids is 1. The fourth-order valence-electron chi connectivity index (χ4n) is 4.70. The van der Waals surface area contributed by atoms with Gasteiger partial charge < -0.3 is 5.11 Å². The molecule has 0 spiro atoms. The molecule has 2 heteroatoms. The SMILES string of the molecule is CC1=C2CCC3(C)C(=CCC[C@H]3O)C2(C)CCC1=O. The Kier molecular flexibility index (Phi) is 2.79. The molecule has 19 heavy (non-hydrogen) atoms. The van der Waals surface area contributed by atoms with Crippen molar-refractivity contribution in [1.29, 1.82) is 0 Å². The predicted molar refractivity (Wildman–Crippen MR) is 75.7 cm³/mol. The number of aliphatic hydroxyl groups is 1. The first-order valence-corrected chi connectivity index (χ1v) is 7.52. The van der Waals surface area contributed by atoms with Crippen molar-refractivity contribution in [2.24, 2.45) is 10.8 Å². The molecule has 0 aromatic rings. The second-order valence-electron chi connectivity index (χ2n) is 6.99. The van der Waals surface area contributed by atoms with Gasteiger partial charge in [-0.3, -0.25) is 4.79 Å². The molecule has 0 aromatic heterocycles. The van der Waals surface area contributed by atoms with Crippen molar-refractivity contribution in [3.63, 3.8) is 0 Å². The Morgan fingerprint density at radius 2 is 2.00 bits per heavy atom. The van der Waals surface area contributed by atoms with Crippen LogP contribution in [0.15, 0.2) is 22.8 Å². The van der Waals surface area contributed by atoms with Crippen LogP contribution in [-0.4, -0.2) is 17.0 Å². The van der Waals surface area contributed by atoms with E-state index in [1.807, 2.05) is 6.92 Å². The highest BCUT2D eigenvalue weighted by Crippen LogP contribution is 2.60. The molecule has 0 amide bonds. The molecule has 3 aliphatic carbocycles. The highest BCUT2D eigenvalue weighted by Gasteiger charge is 2.52. The number of fused-ring (bicyclic) bond motifs is 3. The Morgan fingerprint density at radius 3 is 2.74 bits per heavy atom. The molecule has 104 valence electrons. The second kappa shape index (κ2) is 4.05. The summed E-state index contributed by atoms with van der Waals surface area (Å²) in [6.45, 7) is 6.51. The second-order valence-corrected chi connectivity index (χ2v) is 6.99. The van der Waals surface area contributed by atoms with Crippen molar-refractivity contribution in [2.45, 2.75) is 65.4 Å². The minimum atomic E-state index is -0.219. The van der Waals surface area contributed by atoms with Crippen LogP contribution in [-0.2, 0) is 4.79 Å². The zero-order valence-electron chi connectivity index (χ0n) is 12.3. The van der Waals surface area contributed by atoms with Crippen LogP contribution >= 0.6 is 0 Å². The van der Waals surface area contributed by atoms with Crippen molar-refractivity contribution < 1.29 is 9.90 Å². The smallest absolute Gasteiger partial charge is 0.158 e. The van der Waals surface area contributed by atoms with Crippen molar-refractivity contribution in [2.75, 3.05) is 0 Å². The minimum Gasteiger partial charge on any atom is -0.392 e. The van der Waals surface area contributed by atoms with Gasteiger partial charge in [0.2, 0.25) is 0 Å². The maximum absolute atomic E-state index is 12.0. The molecule has 0 bridgehead atoms. The standard InChI is InChI=1S/C17H24O2/c1-11-12-7-9-17(3)14(5-4-6-15(17)19)16(12,2)10-8-13(11)18/h5,15,19H,4,6-10H2,1-3H3/t15-,16?,17?/m1/s1. The van der Waals surface area contributed by atoms with Crippen molar-refractivity contribution >= 4 is 5.78 Å². The number of hydrogen-bond donors (Lipinski definition) is 1. The quantitative estimate of drug-likeness (QED) is 0.676. The molecule has 3 aliphatic rings. The lowest BCUT2D eigenvalue weighted by molar-refractivity contribution is -0.117. The van der Waals surface area contributed by atoms with Gasteiger partial charge in [-0.1, -0.05) is 31.1 Å².